The minimum absolute atomic E-state index is 0.00450. The van der Waals surface area contributed by atoms with Crippen molar-refractivity contribution >= 4 is 11.0 Å². The number of benzene rings is 1. The molecule has 4 heteroatoms. The summed E-state index contributed by atoms with van der Waals surface area (Å²) < 4.78 is 32.2. The average molecular weight is 253 g/mol. The largest absolute Gasteiger partial charge is 0.456 e. The lowest BCUT2D eigenvalue weighted by atomic mass is 10.0. The van der Waals surface area contributed by atoms with E-state index in [9.17, 15) is 8.78 Å². The van der Waals surface area contributed by atoms with Crippen LogP contribution in [0.2, 0.25) is 0 Å². The van der Waals surface area contributed by atoms with Crippen molar-refractivity contribution in [1.29, 1.82) is 0 Å². The molecule has 0 saturated heterocycles. The van der Waals surface area contributed by atoms with Gasteiger partial charge in [-0.3, -0.25) is 0 Å². The minimum Gasteiger partial charge on any atom is -0.456 e. The van der Waals surface area contributed by atoms with Crippen molar-refractivity contribution in [2.45, 2.75) is 26.8 Å². The molecule has 1 aromatic heterocycles. The Balaban J connectivity index is 2.48. The highest BCUT2D eigenvalue weighted by Gasteiger charge is 2.20. The van der Waals surface area contributed by atoms with Gasteiger partial charge < -0.3 is 9.73 Å². The fraction of sp³-hybridized carbons (Fsp3) is 0.429. The third kappa shape index (κ3) is 2.38. The molecule has 0 aliphatic rings. The zero-order valence-corrected chi connectivity index (χ0v) is 10.8. The zero-order valence-electron chi connectivity index (χ0n) is 10.8. The third-order valence-corrected chi connectivity index (χ3v) is 2.95. The van der Waals surface area contributed by atoms with Crippen LogP contribution in [0.25, 0.3) is 11.0 Å². The molecule has 0 radical (unpaired) electrons. The Hall–Kier alpha value is -1.42. The van der Waals surface area contributed by atoms with Crippen LogP contribution in [-0.2, 0) is 0 Å². The Bertz CT molecular complexity index is 548. The van der Waals surface area contributed by atoms with E-state index in [1.54, 1.807) is 6.07 Å². The van der Waals surface area contributed by atoms with Crippen molar-refractivity contribution in [2.24, 2.45) is 5.92 Å². The Labute approximate surface area is 105 Å². The van der Waals surface area contributed by atoms with Gasteiger partial charge in [0.25, 0.3) is 0 Å². The maximum absolute atomic E-state index is 13.6. The molecule has 98 valence electrons. The SMILES string of the molecule is CCNC(c1cc2cc(F)cc(F)c2o1)C(C)C. The van der Waals surface area contributed by atoms with Gasteiger partial charge in [0.05, 0.1) is 6.04 Å². The quantitative estimate of drug-likeness (QED) is 0.890. The molecule has 1 atom stereocenters. The predicted octanol–water partition coefficient (Wildman–Crippen LogP) is 4.02. The highest BCUT2D eigenvalue weighted by molar-refractivity contribution is 5.78. The lowest BCUT2D eigenvalue weighted by Crippen LogP contribution is -2.24. The van der Waals surface area contributed by atoms with Gasteiger partial charge in [-0.25, -0.2) is 8.78 Å². The van der Waals surface area contributed by atoms with Gasteiger partial charge >= 0.3 is 0 Å². The summed E-state index contributed by atoms with van der Waals surface area (Å²) in [5.74, 6) is -0.295. The molecule has 0 saturated carbocycles. The van der Waals surface area contributed by atoms with Crippen molar-refractivity contribution in [3.8, 4) is 0 Å². The second-order valence-corrected chi connectivity index (χ2v) is 4.73. The Morgan fingerprint density at radius 3 is 2.56 bits per heavy atom. The van der Waals surface area contributed by atoms with Gasteiger partial charge in [0.2, 0.25) is 0 Å². The molecular weight excluding hydrogens is 236 g/mol. The molecule has 2 rings (SSSR count). The summed E-state index contributed by atoms with van der Waals surface area (Å²) in [6, 6.07) is 3.83. The smallest absolute Gasteiger partial charge is 0.170 e. The monoisotopic (exact) mass is 253 g/mol. The Kier molecular flexibility index (Phi) is 3.66. The summed E-state index contributed by atoms with van der Waals surface area (Å²) in [5.41, 5.74) is 0.120. The van der Waals surface area contributed by atoms with E-state index in [-0.39, 0.29) is 11.6 Å². The number of rotatable bonds is 4. The van der Waals surface area contributed by atoms with Crippen LogP contribution in [-0.4, -0.2) is 6.54 Å². The van der Waals surface area contributed by atoms with E-state index in [0.29, 0.717) is 17.1 Å². The molecule has 18 heavy (non-hydrogen) atoms. The highest BCUT2D eigenvalue weighted by Crippen LogP contribution is 2.30. The highest BCUT2D eigenvalue weighted by atomic mass is 19.1. The summed E-state index contributed by atoms with van der Waals surface area (Å²) in [6.45, 7) is 6.89. The number of fused-ring (bicyclic) bond motifs is 1. The zero-order chi connectivity index (χ0) is 13.3. The van der Waals surface area contributed by atoms with Crippen molar-refractivity contribution in [3.63, 3.8) is 0 Å². The molecular formula is C14H17F2NO. The first-order valence-electron chi connectivity index (χ1n) is 6.14. The van der Waals surface area contributed by atoms with Crippen LogP contribution in [0.5, 0.6) is 0 Å². The van der Waals surface area contributed by atoms with E-state index in [4.69, 9.17) is 4.42 Å². The average Bonchev–Trinajstić information content (AvgIpc) is 2.68. The van der Waals surface area contributed by atoms with Crippen LogP contribution in [0.1, 0.15) is 32.6 Å². The van der Waals surface area contributed by atoms with Crippen molar-refractivity contribution < 1.29 is 13.2 Å². The molecule has 0 spiro atoms. The number of hydrogen-bond donors (Lipinski definition) is 1. The molecule has 2 aromatic rings. The summed E-state index contributed by atoms with van der Waals surface area (Å²) in [5, 5.41) is 3.75. The van der Waals surface area contributed by atoms with E-state index in [1.165, 1.54) is 6.07 Å². The number of nitrogens with one attached hydrogen (secondary N) is 1. The van der Waals surface area contributed by atoms with Crippen LogP contribution in [0.4, 0.5) is 8.78 Å². The Morgan fingerprint density at radius 1 is 1.22 bits per heavy atom. The van der Waals surface area contributed by atoms with Gasteiger partial charge in [-0.15, -0.1) is 0 Å². The maximum atomic E-state index is 13.6. The van der Waals surface area contributed by atoms with Crippen molar-refractivity contribution in [3.05, 3.63) is 35.6 Å². The van der Waals surface area contributed by atoms with E-state index in [2.05, 4.69) is 19.2 Å². The predicted molar refractivity (Wildman–Crippen MR) is 67.4 cm³/mol. The maximum Gasteiger partial charge on any atom is 0.170 e. The fourth-order valence-electron chi connectivity index (χ4n) is 2.13. The molecule has 2 nitrogen and oxygen atoms in total. The number of furan rings is 1. The van der Waals surface area contributed by atoms with Gasteiger partial charge in [0, 0.05) is 11.5 Å². The number of hydrogen-bond acceptors (Lipinski definition) is 2. The van der Waals surface area contributed by atoms with Gasteiger partial charge in [0.15, 0.2) is 11.4 Å². The normalized spacial score (nSPS) is 13.4. The van der Waals surface area contributed by atoms with Crippen molar-refractivity contribution in [2.75, 3.05) is 6.54 Å². The van der Waals surface area contributed by atoms with Crippen molar-refractivity contribution in [1.82, 2.24) is 5.32 Å². The molecule has 1 heterocycles. The summed E-state index contributed by atoms with van der Waals surface area (Å²) in [4.78, 5) is 0. The van der Waals surface area contributed by atoms with Gasteiger partial charge in [-0.2, -0.15) is 0 Å². The van der Waals surface area contributed by atoms with E-state index in [0.717, 1.165) is 12.6 Å². The minimum atomic E-state index is -0.657. The van der Waals surface area contributed by atoms with E-state index < -0.39 is 11.6 Å². The van der Waals surface area contributed by atoms with Crippen LogP contribution in [0.3, 0.4) is 0 Å². The summed E-state index contributed by atoms with van der Waals surface area (Å²) >= 11 is 0. The molecule has 1 N–H and O–H groups in total. The summed E-state index contributed by atoms with van der Waals surface area (Å²) in [7, 11) is 0. The van der Waals surface area contributed by atoms with E-state index in [1.807, 2.05) is 6.92 Å². The van der Waals surface area contributed by atoms with Crippen LogP contribution < -0.4 is 5.32 Å². The van der Waals surface area contributed by atoms with Crippen LogP contribution >= 0.6 is 0 Å². The third-order valence-electron chi connectivity index (χ3n) is 2.95. The second kappa shape index (κ2) is 5.06. The first-order chi connectivity index (χ1) is 8.52. The molecule has 0 fully saturated rings. The fourth-order valence-corrected chi connectivity index (χ4v) is 2.13. The second-order valence-electron chi connectivity index (χ2n) is 4.73. The first-order valence-corrected chi connectivity index (χ1v) is 6.14. The molecule has 1 aromatic carbocycles. The molecule has 0 amide bonds. The van der Waals surface area contributed by atoms with Gasteiger partial charge in [-0.1, -0.05) is 20.8 Å². The van der Waals surface area contributed by atoms with Crippen LogP contribution in [0, 0.1) is 17.6 Å². The lowest BCUT2D eigenvalue weighted by molar-refractivity contribution is 0.354. The van der Waals surface area contributed by atoms with Gasteiger partial charge in [-0.05, 0) is 24.6 Å². The summed E-state index contributed by atoms with van der Waals surface area (Å²) in [6.07, 6.45) is 0. The van der Waals surface area contributed by atoms with E-state index >= 15 is 0 Å². The standard InChI is InChI=1S/C14H17F2NO/c1-4-17-13(8(2)3)12-6-9-5-10(15)7-11(16)14(9)18-12/h5-8,13,17H,4H2,1-3H3. The topological polar surface area (TPSA) is 25.2 Å². The molecule has 0 aliphatic carbocycles. The van der Waals surface area contributed by atoms with Crippen LogP contribution in [0.15, 0.2) is 22.6 Å². The van der Waals surface area contributed by atoms with Gasteiger partial charge in [0.1, 0.15) is 11.6 Å². The first kappa shape index (κ1) is 13.0. The lowest BCUT2D eigenvalue weighted by Gasteiger charge is -2.18. The Morgan fingerprint density at radius 2 is 1.94 bits per heavy atom. The molecule has 0 aliphatic heterocycles. The molecule has 1 unspecified atom stereocenters. The number of halogens is 2. The molecule has 0 bridgehead atoms.